The van der Waals surface area contributed by atoms with Gasteiger partial charge in [0.15, 0.2) is 5.78 Å². The maximum absolute atomic E-state index is 13.0. The van der Waals surface area contributed by atoms with Gasteiger partial charge in [-0.25, -0.2) is 0 Å². The normalized spacial score (nSPS) is 14.1. The summed E-state index contributed by atoms with van der Waals surface area (Å²) in [6, 6.07) is 16.6. The zero-order chi connectivity index (χ0) is 19.6. The molecule has 4 heteroatoms. The van der Waals surface area contributed by atoms with Crippen LogP contribution >= 0.6 is 0 Å². The summed E-state index contributed by atoms with van der Waals surface area (Å²) < 4.78 is 11.8. The van der Waals surface area contributed by atoms with Crippen LogP contribution < -0.4 is 9.47 Å². The largest absolute Gasteiger partial charge is 0.489 e. The summed E-state index contributed by atoms with van der Waals surface area (Å²) >= 11 is 0. The number of rotatable bonds is 5. The van der Waals surface area contributed by atoms with Crippen molar-refractivity contribution in [1.29, 1.82) is 0 Å². The van der Waals surface area contributed by atoms with Crippen molar-refractivity contribution < 1.29 is 14.3 Å². The van der Waals surface area contributed by atoms with Gasteiger partial charge in [0.25, 0.3) is 0 Å². The van der Waals surface area contributed by atoms with Crippen molar-refractivity contribution in [3.63, 3.8) is 0 Å². The molecule has 0 aliphatic carbocycles. The summed E-state index contributed by atoms with van der Waals surface area (Å²) in [5.74, 6) is 1.40. The number of pyridine rings is 1. The molecular weight excluding hydrogens is 350 g/mol. The Bertz CT molecular complexity index is 1040. The predicted octanol–water partition coefficient (Wildman–Crippen LogP) is 5.08. The Morgan fingerprint density at radius 1 is 1.04 bits per heavy atom. The first-order chi connectivity index (χ1) is 13.5. The third kappa shape index (κ3) is 3.96. The number of carbonyl (C=O) groups is 1. The second kappa shape index (κ2) is 7.31. The predicted molar refractivity (Wildman–Crippen MR) is 109 cm³/mol. The van der Waals surface area contributed by atoms with Gasteiger partial charge in [-0.3, -0.25) is 9.78 Å². The van der Waals surface area contributed by atoms with Crippen molar-refractivity contribution in [2.75, 3.05) is 0 Å². The van der Waals surface area contributed by atoms with Gasteiger partial charge in [0.1, 0.15) is 23.7 Å². The fourth-order valence-electron chi connectivity index (χ4n) is 3.06. The molecule has 0 unspecified atom stereocenters. The summed E-state index contributed by atoms with van der Waals surface area (Å²) in [6.45, 7) is 4.43. The molecule has 140 valence electrons. The minimum Gasteiger partial charge on any atom is -0.489 e. The van der Waals surface area contributed by atoms with Crippen LogP contribution in [0.25, 0.3) is 6.08 Å². The number of ether oxygens (including phenoxy) is 2. The third-order valence-corrected chi connectivity index (χ3v) is 4.56. The van der Waals surface area contributed by atoms with Gasteiger partial charge < -0.3 is 9.47 Å². The van der Waals surface area contributed by atoms with Gasteiger partial charge in [-0.1, -0.05) is 18.2 Å². The number of ketones is 1. The van der Waals surface area contributed by atoms with Crippen LogP contribution in [0.4, 0.5) is 0 Å². The van der Waals surface area contributed by atoms with Crippen LogP contribution in [0.2, 0.25) is 0 Å². The second-order valence-electron chi connectivity index (χ2n) is 7.29. The van der Waals surface area contributed by atoms with Crippen molar-refractivity contribution >= 4 is 11.9 Å². The molecule has 3 aromatic rings. The molecule has 0 amide bonds. The van der Waals surface area contributed by atoms with E-state index in [1.54, 1.807) is 30.6 Å². The van der Waals surface area contributed by atoms with Gasteiger partial charge in [0.2, 0.25) is 0 Å². The molecule has 0 radical (unpaired) electrons. The average molecular weight is 371 g/mol. The average Bonchev–Trinajstić information content (AvgIpc) is 2.72. The molecule has 1 aliphatic heterocycles. The number of carbonyl (C=O) groups excluding carboxylic acids is 1. The molecule has 0 spiro atoms. The van der Waals surface area contributed by atoms with Gasteiger partial charge in [-0.15, -0.1) is 0 Å². The molecule has 2 heterocycles. The summed E-state index contributed by atoms with van der Waals surface area (Å²) in [7, 11) is 0. The van der Waals surface area contributed by atoms with Crippen LogP contribution in [0, 0.1) is 0 Å². The van der Waals surface area contributed by atoms with Crippen molar-refractivity contribution in [2.45, 2.75) is 26.1 Å². The van der Waals surface area contributed by atoms with Crippen LogP contribution in [0.1, 0.15) is 40.9 Å². The lowest BCUT2D eigenvalue weighted by atomic mass is 9.97. The van der Waals surface area contributed by atoms with Gasteiger partial charge >= 0.3 is 0 Å². The first kappa shape index (κ1) is 18.0. The molecule has 0 N–H and O–H groups in total. The quantitative estimate of drug-likeness (QED) is 0.587. The molecular formula is C24H21NO3. The smallest absolute Gasteiger partial charge is 0.193 e. The Morgan fingerprint density at radius 2 is 1.82 bits per heavy atom. The Hall–Kier alpha value is -3.40. The Labute approximate surface area is 164 Å². The van der Waals surface area contributed by atoms with E-state index in [-0.39, 0.29) is 11.4 Å². The number of fused-ring (bicyclic) bond motifs is 1. The van der Waals surface area contributed by atoms with E-state index in [1.807, 2.05) is 62.4 Å². The minimum atomic E-state index is -0.334. The van der Waals surface area contributed by atoms with E-state index in [0.29, 0.717) is 23.5 Å². The highest BCUT2D eigenvalue weighted by molar-refractivity contribution is 6.09. The van der Waals surface area contributed by atoms with E-state index in [2.05, 4.69) is 4.98 Å². The van der Waals surface area contributed by atoms with Crippen molar-refractivity contribution in [3.8, 4) is 11.5 Å². The lowest BCUT2D eigenvalue weighted by molar-refractivity contribution is 0.103. The van der Waals surface area contributed by atoms with Crippen LogP contribution in [0.3, 0.4) is 0 Å². The summed E-state index contributed by atoms with van der Waals surface area (Å²) in [4.78, 5) is 17.0. The van der Waals surface area contributed by atoms with E-state index in [1.165, 1.54) is 0 Å². The molecule has 0 fully saturated rings. The lowest BCUT2D eigenvalue weighted by Crippen LogP contribution is -2.27. The molecule has 4 rings (SSSR count). The van der Waals surface area contributed by atoms with E-state index in [9.17, 15) is 4.79 Å². The summed E-state index contributed by atoms with van der Waals surface area (Å²) in [5, 5.41) is 0. The molecule has 0 saturated heterocycles. The lowest BCUT2D eigenvalue weighted by Gasteiger charge is -2.27. The van der Waals surface area contributed by atoms with Gasteiger partial charge in [0, 0.05) is 29.1 Å². The van der Waals surface area contributed by atoms with E-state index < -0.39 is 0 Å². The zero-order valence-electron chi connectivity index (χ0n) is 15.9. The van der Waals surface area contributed by atoms with Crippen molar-refractivity contribution in [2.24, 2.45) is 0 Å². The maximum Gasteiger partial charge on any atom is 0.193 e. The van der Waals surface area contributed by atoms with Gasteiger partial charge in [-0.05, 0) is 68.0 Å². The summed E-state index contributed by atoms with van der Waals surface area (Å²) in [5.41, 5.74) is 2.82. The standard InChI is InChI=1S/C24H21NO3/c1-24(2)11-8-18-14-20(6-7-22(18)28-24)23(26)19-4-3-5-21(15-19)27-16-17-9-12-25-13-10-17/h3-15H,16H2,1-2H3. The molecule has 2 aromatic carbocycles. The number of nitrogens with zero attached hydrogens (tertiary/aromatic N) is 1. The van der Waals surface area contributed by atoms with Crippen LogP contribution in [0.5, 0.6) is 11.5 Å². The SMILES string of the molecule is CC1(C)C=Cc2cc(C(=O)c3cccc(OCc4ccncc4)c3)ccc2O1. The highest BCUT2D eigenvalue weighted by atomic mass is 16.5. The molecule has 1 aliphatic rings. The fraction of sp³-hybridized carbons (Fsp3) is 0.167. The number of hydrogen-bond acceptors (Lipinski definition) is 4. The minimum absolute atomic E-state index is 0.0459. The maximum atomic E-state index is 13.0. The molecule has 0 atom stereocenters. The monoisotopic (exact) mass is 371 g/mol. The third-order valence-electron chi connectivity index (χ3n) is 4.56. The number of hydrogen-bond donors (Lipinski definition) is 0. The van der Waals surface area contributed by atoms with Gasteiger partial charge in [-0.2, -0.15) is 0 Å². The highest BCUT2D eigenvalue weighted by Gasteiger charge is 2.22. The topological polar surface area (TPSA) is 48.4 Å². The second-order valence-corrected chi connectivity index (χ2v) is 7.29. The molecule has 0 bridgehead atoms. The number of aromatic nitrogens is 1. The van der Waals surface area contributed by atoms with E-state index in [4.69, 9.17) is 9.47 Å². The van der Waals surface area contributed by atoms with Crippen molar-refractivity contribution in [3.05, 3.63) is 95.3 Å². The fourth-order valence-corrected chi connectivity index (χ4v) is 3.06. The van der Waals surface area contributed by atoms with Gasteiger partial charge in [0.05, 0.1) is 0 Å². The first-order valence-electron chi connectivity index (χ1n) is 9.19. The summed E-state index contributed by atoms with van der Waals surface area (Å²) in [6.07, 6.45) is 7.46. The van der Waals surface area contributed by atoms with Crippen molar-refractivity contribution in [1.82, 2.24) is 4.98 Å². The highest BCUT2D eigenvalue weighted by Crippen LogP contribution is 2.32. The Balaban J connectivity index is 1.52. The Morgan fingerprint density at radius 3 is 2.64 bits per heavy atom. The van der Waals surface area contributed by atoms with Crippen LogP contribution in [0.15, 0.2) is 73.1 Å². The molecule has 1 aromatic heterocycles. The molecule has 0 saturated carbocycles. The first-order valence-corrected chi connectivity index (χ1v) is 9.19. The molecule has 4 nitrogen and oxygen atoms in total. The Kier molecular flexibility index (Phi) is 4.70. The van der Waals surface area contributed by atoms with Crippen LogP contribution in [-0.2, 0) is 6.61 Å². The van der Waals surface area contributed by atoms with E-state index in [0.717, 1.165) is 16.9 Å². The number of benzene rings is 2. The van der Waals surface area contributed by atoms with Crippen LogP contribution in [-0.4, -0.2) is 16.4 Å². The van der Waals surface area contributed by atoms with E-state index >= 15 is 0 Å². The zero-order valence-corrected chi connectivity index (χ0v) is 15.9. The molecule has 28 heavy (non-hydrogen) atoms.